The highest BCUT2D eigenvalue weighted by molar-refractivity contribution is 7.89. The summed E-state index contributed by atoms with van der Waals surface area (Å²) in [5.74, 6) is 0. The zero-order chi connectivity index (χ0) is 14.0. The van der Waals surface area contributed by atoms with Gasteiger partial charge in [-0.1, -0.05) is 6.07 Å². The number of nitrogens with one attached hydrogen (secondary N) is 1. The molecule has 3 N–H and O–H groups in total. The zero-order valence-electron chi connectivity index (χ0n) is 10.8. The molecule has 0 fully saturated rings. The predicted octanol–water partition coefficient (Wildman–Crippen LogP) is 0.789. The van der Waals surface area contributed by atoms with E-state index in [1.54, 1.807) is 30.2 Å². The fraction of sp³-hybridized carbons (Fsp3) is 0.250. The van der Waals surface area contributed by atoms with Crippen LogP contribution in [0.1, 0.15) is 11.1 Å². The normalized spacial score (nSPS) is 11.7. The number of benzene rings is 1. The molecule has 2 rings (SSSR count). The Morgan fingerprint density at radius 1 is 1.42 bits per heavy atom. The number of anilines is 1. The van der Waals surface area contributed by atoms with Gasteiger partial charge in [0.05, 0.1) is 11.1 Å². The maximum absolute atomic E-state index is 12.1. The molecule has 7 heteroatoms. The van der Waals surface area contributed by atoms with Crippen molar-refractivity contribution in [2.24, 2.45) is 7.05 Å². The van der Waals surface area contributed by atoms with Crippen LogP contribution in [0.25, 0.3) is 0 Å². The zero-order valence-corrected chi connectivity index (χ0v) is 11.6. The van der Waals surface area contributed by atoms with Gasteiger partial charge in [-0.3, -0.25) is 4.68 Å². The molecule has 0 amide bonds. The number of hydrogen-bond acceptors (Lipinski definition) is 4. The minimum Gasteiger partial charge on any atom is -0.398 e. The van der Waals surface area contributed by atoms with Gasteiger partial charge in [0.1, 0.15) is 0 Å². The van der Waals surface area contributed by atoms with Crippen molar-refractivity contribution in [3.63, 3.8) is 0 Å². The molecule has 0 aliphatic rings. The van der Waals surface area contributed by atoms with Crippen molar-refractivity contribution in [2.75, 3.05) is 5.73 Å². The first-order valence-corrected chi connectivity index (χ1v) is 7.20. The van der Waals surface area contributed by atoms with Gasteiger partial charge < -0.3 is 5.73 Å². The lowest BCUT2D eigenvalue weighted by molar-refractivity contribution is 0.581. The van der Waals surface area contributed by atoms with Crippen LogP contribution >= 0.6 is 0 Å². The van der Waals surface area contributed by atoms with Gasteiger partial charge in [-0.2, -0.15) is 5.10 Å². The van der Waals surface area contributed by atoms with Crippen molar-refractivity contribution in [3.8, 4) is 0 Å². The van der Waals surface area contributed by atoms with E-state index >= 15 is 0 Å². The Bertz CT molecular complexity index is 692. The molecule has 102 valence electrons. The first-order chi connectivity index (χ1) is 8.88. The number of aryl methyl sites for hydroxylation is 2. The van der Waals surface area contributed by atoms with Gasteiger partial charge in [0.25, 0.3) is 0 Å². The van der Waals surface area contributed by atoms with E-state index in [9.17, 15) is 8.42 Å². The Morgan fingerprint density at radius 3 is 2.74 bits per heavy atom. The van der Waals surface area contributed by atoms with Crippen molar-refractivity contribution >= 4 is 15.7 Å². The smallest absolute Gasteiger partial charge is 0.240 e. The number of hydrogen-bond donors (Lipinski definition) is 2. The quantitative estimate of drug-likeness (QED) is 0.810. The molecule has 0 radical (unpaired) electrons. The summed E-state index contributed by atoms with van der Waals surface area (Å²) >= 11 is 0. The number of sulfonamides is 1. The van der Waals surface area contributed by atoms with Crippen LogP contribution in [0.4, 0.5) is 5.69 Å². The lowest BCUT2D eigenvalue weighted by Crippen LogP contribution is -2.23. The van der Waals surface area contributed by atoms with Crippen LogP contribution in [0.3, 0.4) is 0 Å². The van der Waals surface area contributed by atoms with Crippen molar-refractivity contribution in [2.45, 2.75) is 18.4 Å². The predicted molar refractivity (Wildman–Crippen MR) is 72.8 cm³/mol. The third kappa shape index (κ3) is 3.12. The summed E-state index contributed by atoms with van der Waals surface area (Å²) in [5, 5.41) is 3.98. The number of nitrogens with zero attached hydrogens (tertiary/aromatic N) is 2. The molecule has 0 atom stereocenters. The highest BCUT2D eigenvalue weighted by atomic mass is 32.2. The second-order valence-electron chi connectivity index (χ2n) is 4.37. The average molecular weight is 280 g/mol. The number of aromatic nitrogens is 2. The summed E-state index contributed by atoms with van der Waals surface area (Å²) in [6.45, 7) is 2.03. The summed E-state index contributed by atoms with van der Waals surface area (Å²) in [6.07, 6.45) is 3.37. The van der Waals surface area contributed by atoms with Gasteiger partial charge in [-0.15, -0.1) is 0 Å². The van der Waals surface area contributed by atoms with Crippen molar-refractivity contribution in [1.29, 1.82) is 0 Å². The minimum absolute atomic E-state index is 0.166. The monoisotopic (exact) mass is 280 g/mol. The van der Waals surface area contributed by atoms with Gasteiger partial charge in [-0.25, -0.2) is 13.1 Å². The SMILES string of the molecule is Cc1ccc(S(=O)(=O)NCc2cnn(C)c2)cc1N. The standard InChI is InChI=1S/C12H16N4O2S/c1-9-3-4-11(5-12(9)13)19(17,18)15-7-10-6-14-16(2)8-10/h3-6,8,15H,7,13H2,1-2H3. The van der Waals surface area contributed by atoms with Crippen molar-refractivity contribution < 1.29 is 8.42 Å². The van der Waals surface area contributed by atoms with Crippen LogP contribution in [-0.2, 0) is 23.6 Å². The fourth-order valence-corrected chi connectivity index (χ4v) is 2.66. The van der Waals surface area contributed by atoms with E-state index in [4.69, 9.17) is 5.73 Å². The molecular weight excluding hydrogens is 264 g/mol. The Balaban J connectivity index is 2.16. The number of rotatable bonds is 4. The molecule has 0 saturated heterocycles. The largest absolute Gasteiger partial charge is 0.398 e. The van der Waals surface area contributed by atoms with E-state index < -0.39 is 10.0 Å². The molecule has 19 heavy (non-hydrogen) atoms. The molecule has 2 aromatic rings. The molecule has 6 nitrogen and oxygen atoms in total. The topological polar surface area (TPSA) is 90.0 Å². The van der Waals surface area contributed by atoms with Crippen LogP contribution in [-0.4, -0.2) is 18.2 Å². The maximum Gasteiger partial charge on any atom is 0.240 e. The average Bonchev–Trinajstić information content (AvgIpc) is 2.76. The van der Waals surface area contributed by atoms with E-state index in [2.05, 4.69) is 9.82 Å². The Morgan fingerprint density at radius 2 is 2.16 bits per heavy atom. The molecule has 0 saturated carbocycles. The molecule has 0 bridgehead atoms. The van der Waals surface area contributed by atoms with Crippen LogP contribution in [0.15, 0.2) is 35.5 Å². The summed E-state index contributed by atoms with van der Waals surface area (Å²) in [6, 6.07) is 4.69. The van der Waals surface area contributed by atoms with Crippen LogP contribution in [0, 0.1) is 6.92 Å². The molecule has 0 aliphatic heterocycles. The highest BCUT2D eigenvalue weighted by Gasteiger charge is 2.14. The minimum atomic E-state index is -3.56. The van der Waals surface area contributed by atoms with Gasteiger partial charge in [-0.05, 0) is 24.6 Å². The number of nitrogen functional groups attached to an aromatic ring is 1. The van der Waals surface area contributed by atoms with Crippen LogP contribution in [0.5, 0.6) is 0 Å². The summed E-state index contributed by atoms with van der Waals surface area (Å²) in [5.41, 5.74) is 7.83. The Kier molecular flexibility index (Phi) is 3.59. The number of nitrogens with two attached hydrogens (primary N) is 1. The van der Waals surface area contributed by atoms with E-state index in [1.165, 1.54) is 12.1 Å². The lowest BCUT2D eigenvalue weighted by Gasteiger charge is -2.07. The first kappa shape index (κ1) is 13.6. The second-order valence-corrected chi connectivity index (χ2v) is 6.13. The van der Waals surface area contributed by atoms with Crippen LogP contribution < -0.4 is 10.5 Å². The van der Waals surface area contributed by atoms with Gasteiger partial charge in [0.15, 0.2) is 0 Å². The summed E-state index contributed by atoms with van der Waals surface area (Å²) in [4.78, 5) is 0.166. The van der Waals surface area contributed by atoms with Crippen LogP contribution in [0.2, 0.25) is 0 Å². The lowest BCUT2D eigenvalue weighted by atomic mass is 10.2. The van der Waals surface area contributed by atoms with Gasteiger partial charge in [0, 0.05) is 31.0 Å². The third-order valence-electron chi connectivity index (χ3n) is 2.79. The summed E-state index contributed by atoms with van der Waals surface area (Å²) in [7, 11) is -1.78. The maximum atomic E-state index is 12.1. The molecule has 1 aromatic carbocycles. The molecule has 0 spiro atoms. The van der Waals surface area contributed by atoms with Crippen molar-refractivity contribution in [3.05, 3.63) is 41.7 Å². The van der Waals surface area contributed by atoms with Gasteiger partial charge in [0.2, 0.25) is 10.0 Å². The molecule has 0 unspecified atom stereocenters. The van der Waals surface area contributed by atoms with E-state index in [-0.39, 0.29) is 11.4 Å². The molecule has 0 aliphatic carbocycles. The third-order valence-corrected chi connectivity index (χ3v) is 4.18. The van der Waals surface area contributed by atoms with Crippen molar-refractivity contribution in [1.82, 2.24) is 14.5 Å². The first-order valence-electron chi connectivity index (χ1n) is 5.72. The highest BCUT2D eigenvalue weighted by Crippen LogP contribution is 2.17. The Hall–Kier alpha value is -1.86. The fourth-order valence-electron chi connectivity index (χ4n) is 1.61. The Labute approximate surface area is 112 Å². The molecule has 1 aromatic heterocycles. The van der Waals surface area contributed by atoms with E-state index in [1.807, 2.05) is 6.92 Å². The summed E-state index contributed by atoms with van der Waals surface area (Å²) < 4.78 is 28.3. The van der Waals surface area contributed by atoms with E-state index in [0.717, 1.165) is 11.1 Å². The molecular formula is C12H16N4O2S. The second kappa shape index (κ2) is 5.02. The molecule has 1 heterocycles. The van der Waals surface area contributed by atoms with E-state index in [0.29, 0.717) is 5.69 Å². The van der Waals surface area contributed by atoms with Gasteiger partial charge >= 0.3 is 0 Å².